The predicted octanol–water partition coefficient (Wildman–Crippen LogP) is 2.58. The SMILES string of the molecule is CCNC(c1cncc(C)c1)c1c(Br)cnn1C. The molecule has 1 N–H and O–H groups in total. The maximum atomic E-state index is 4.28. The summed E-state index contributed by atoms with van der Waals surface area (Å²) in [6.45, 7) is 5.04. The van der Waals surface area contributed by atoms with E-state index in [0.717, 1.165) is 27.8 Å². The molecular formula is C13H17BrN4. The summed E-state index contributed by atoms with van der Waals surface area (Å²) in [5.74, 6) is 0. The second-order valence-electron chi connectivity index (χ2n) is 4.29. The highest BCUT2D eigenvalue weighted by atomic mass is 79.9. The number of hydrogen-bond donors (Lipinski definition) is 1. The van der Waals surface area contributed by atoms with Crippen molar-refractivity contribution in [2.24, 2.45) is 7.05 Å². The zero-order valence-corrected chi connectivity index (χ0v) is 12.4. The first kappa shape index (κ1) is 13.2. The van der Waals surface area contributed by atoms with Crippen molar-refractivity contribution >= 4 is 15.9 Å². The largest absolute Gasteiger partial charge is 0.305 e. The summed E-state index contributed by atoms with van der Waals surface area (Å²) in [6.07, 6.45) is 5.59. The molecular weight excluding hydrogens is 292 g/mol. The van der Waals surface area contributed by atoms with E-state index in [4.69, 9.17) is 0 Å². The summed E-state index contributed by atoms with van der Waals surface area (Å²) in [5, 5.41) is 7.76. The van der Waals surface area contributed by atoms with Crippen LogP contribution < -0.4 is 5.32 Å². The van der Waals surface area contributed by atoms with E-state index < -0.39 is 0 Å². The molecule has 0 fully saturated rings. The average molecular weight is 309 g/mol. The van der Waals surface area contributed by atoms with Crippen molar-refractivity contribution in [3.05, 3.63) is 46.0 Å². The standard InChI is InChI=1S/C13H17BrN4/c1-4-16-12(10-5-9(2)6-15-7-10)13-11(14)8-17-18(13)3/h5-8,12,16H,4H2,1-3H3. The lowest BCUT2D eigenvalue weighted by atomic mass is 10.0. The molecule has 0 spiro atoms. The van der Waals surface area contributed by atoms with Crippen LogP contribution in [0.4, 0.5) is 0 Å². The van der Waals surface area contributed by atoms with Crippen molar-refractivity contribution in [3.63, 3.8) is 0 Å². The van der Waals surface area contributed by atoms with E-state index in [1.807, 2.05) is 30.3 Å². The summed E-state index contributed by atoms with van der Waals surface area (Å²) < 4.78 is 2.90. The zero-order valence-electron chi connectivity index (χ0n) is 10.8. The van der Waals surface area contributed by atoms with Crippen LogP contribution in [0.2, 0.25) is 0 Å². The fourth-order valence-corrected chi connectivity index (χ4v) is 2.63. The Kier molecular flexibility index (Phi) is 4.14. The van der Waals surface area contributed by atoms with Gasteiger partial charge in [-0.1, -0.05) is 13.0 Å². The van der Waals surface area contributed by atoms with Crippen molar-refractivity contribution in [3.8, 4) is 0 Å². The molecule has 0 radical (unpaired) electrons. The second-order valence-corrected chi connectivity index (χ2v) is 5.14. The Morgan fingerprint density at radius 2 is 2.17 bits per heavy atom. The van der Waals surface area contributed by atoms with E-state index in [9.17, 15) is 0 Å². The predicted molar refractivity (Wildman–Crippen MR) is 75.4 cm³/mol. The lowest BCUT2D eigenvalue weighted by Gasteiger charge is -2.19. The molecule has 0 aliphatic heterocycles. The molecule has 2 rings (SSSR count). The number of halogens is 1. The van der Waals surface area contributed by atoms with Crippen LogP contribution >= 0.6 is 15.9 Å². The van der Waals surface area contributed by atoms with Gasteiger partial charge in [0.1, 0.15) is 0 Å². The van der Waals surface area contributed by atoms with E-state index in [1.165, 1.54) is 0 Å². The van der Waals surface area contributed by atoms with Crippen molar-refractivity contribution in [2.75, 3.05) is 6.54 Å². The first-order chi connectivity index (χ1) is 8.63. The summed E-state index contributed by atoms with van der Waals surface area (Å²) in [4.78, 5) is 4.27. The number of nitrogens with one attached hydrogen (secondary N) is 1. The normalized spacial score (nSPS) is 12.7. The number of pyridine rings is 1. The highest BCUT2D eigenvalue weighted by Gasteiger charge is 2.20. The van der Waals surface area contributed by atoms with E-state index in [1.54, 1.807) is 0 Å². The maximum Gasteiger partial charge on any atom is 0.0774 e. The molecule has 0 aliphatic rings. The minimum atomic E-state index is 0.101. The van der Waals surface area contributed by atoms with Crippen molar-refractivity contribution in [2.45, 2.75) is 19.9 Å². The third-order valence-corrected chi connectivity index (χ3v) is 3.46. The Morgan fingerprint density at radius 1 is 1.39 bits per heavy atom. The monoisotopic (exact) mass is 308 g/mol. The highest BCUT2D eigenvalue weighted by Crippen LogP contribution is 2.27. The number of hydrogen-bond acceptors (Lipinski definition) is 3. The Balaban J connectivity index is 2.46. The van der Waals surface area contributed by atoms with Gasteiger partial charge >= 0.3 is 0 Å². The van der Waals surface area contributed by atoms with E-state index in [0.29, 0.717) is 0 Å². The van der Waals surface area contributed by atoms with Gasteiger partial charge in [-0.15, -0.1) is 0 Å². The van der Waals surface area contributed by atoms with Crippen molar-refractivity contribution in [1.29, 1.82) is 0 Å². The third-order valence-electron chi connectivity index (χ3n) is 2.85. The zero-order chi connectivity index (χ0) is 13.1. The van der Waals surface area contributed by atoms with E-state index in [2.05, 4.69) is 51.2 Å². The quantitative estimate of drug-likeness (QED) is 0.944. The molecule has 2 aromatic heterocycles. The average Bonchev–Trinajstić information content (AvgIpc) is 2.67. The lowest BCUT2D eigenvalue weighted by Crippen LogP contribution is -2.24. The smallest absolute Gasteiger partial charge is 0.0774 e. The number of aryl methyl sites for hydroxylation is 2. The van der Waals surface area contributed by atoms with Crippen LogP contribution in [-0.4, -0.2) is 21.3 Å². The molecule has 1 unspecified atom stereocenters. The molecule has 0 amide bonds. The fraction of sp³-hybridized carbons (Fsp3) is 0.385. The number of nitrogens with zero attached hydrogens (tertiary/aromatic N) is 3. The van der Waals surface area contributed by atoms with Crippen LogP contribution in [0.25, 0.3) is 0 Å². The van der Waals surface area contributed by atoms with E-state index >= 15 is 0 Å². The van der Waals surface area contributed by atoms with E-state index in [-0.39, 0.29) is 6.04 Å². The molecule has 0 aliphatic carbocycles. The van der Waals surface area contributed by atoms with Crippen LogP contribution in [0.5, 0.6) is 0 Å². The topological polar surface area (TPSA) is 42.7 Å². The van der Waals surface area contributed by atoms with Crippen LogP contribution in [0.15, 0.2) is 29.1 Å². The van der Waals surface area contributed by atoms with Gasteiger partial charge < -0.3 is 5.32 Å². The molecule has 4 nitrogen and oxygen atoms in total. The fourth-order valence-electron chi connectivity index (χ4n) is 2.06. The van der Waals surface area contributed by atoms with Gasteiger partial charge in [-0.2, -0.15) is 5.10 Å². The van der Waals surface area contributed by atoms with Gasteiger partial charge in [0, 0.05) is 19.4 Å². The van der Waals surface area contributed by atoms with Crippen LogP contribution in [0, 0.1) is 6.92 Å². The Bertz CT molecular complexity index is 516. The first-order valence-electron chi connectivity index (χ1n) is 5.95. The Labute approximate surface area is 116 Å². The molecule has 0 aromatic carbocycles. The van der Waals surface area contributed by atoms with Crippen molar-refractivity contribution in [1.82, 2.24) is 20.1 Å². The molecule has 0 saturated heterocycles. The molecule has 1 atom stereocenters. The van der Waals surface area contributed by atoms with Gasteiger partial charge in [-0.25, -0.2) is 0 Å². The van der Waals surface area contributed by atoms with Gasteiger partial charge in [0.2, 0.25) is 0 Å². The maximum absolute atomic E-state index is 4.28. The van der Waals surface area contributed by atoms with Crippen LogP contribution in [-0.2, 0) is 7.05 Å². The van der Waals surface area contributed by atoms with Gasteiger partial charge in [0.05, 0.1) is 22.4 Å². The summed E-state index contributed by atoms with van der Waals surface area (Å²) in [5.41, 5.74) is 3.43. The molecule has 2 aromatic rings. The molecule has 18 heavy (non-hydrogen) atoms. The molecule has 96 valence electrons. The number of rotatable bonds is 4. The van der Waals surface area contributed by atoms with Gasteiger partial charge in [0.25, 0.3) is 0 Å². The second kappa shape index (κ2) is 5.63. The minimum Gasteiger partial charge on any atom is -0.305 e. The Hall–Kier alpha value is -1.20. The molecule has 5 heteroatoms. The van der Waals surface area contributed by atoms with Gasteiger partial charge in [-0.3, -0.25) is 9.67 Å². The minimum absolute atomic E-state index is 0.101. The first-order valence-corrected chi connectivity index (χ1v) is 6.75. The van der Waals surface area contributed by atoms with Gasteiger partial charge in [0.15, 0.2) is 0 Å². The molecule has 0 bridgehead atoms. The van der Waals surface area contributed by atoms with Crippen molar-refractivity contribution < 1.29 is 0 Å². The van der Waals surface area contributed by atoms with Gasteiger partial charge in [-0.05, 0) is 40.5 Å². The third kappa shape index (κ3) is 2.62. The highest BCUT2D eigenvalue weighted by molar-refractivity contribution is 9.10. The summed E-state index contributed by atoms with van der Waals surface area (Å²) >= 11 is 3.56. The Morgan fingerprint density at radius 3 is 2.72 bits per heavy atom. The number of aromatic nitrogens is 3. The van der Waals surface area contributed by atoms with Crippen LogP contribution in [0.1, 0.15) is 29.8 Å². The van der Waals surface area contributed by atoms with Crippen LogP contribution in [0.3, 0.4) is 0 Å². The lowest BCUT2D eigenvalue weighted by molar-refractivity contribution is 0.569. The summed E-state index contributed by atoms with van der Waals surface area (Å²) in [6, 6.07) is 2.25. The molecule has 0 saturated carbocycles. The molecule has 2 heterocycles. The summed E-state index contributed by atoms with van der Waals surface area (Å²) in [7, 11) is 1.95.